The van der Waals surface area contributed by atoms with E-state index in [0.717, 1.165) is 23.0 Å². The highest BCUT2D eigenvalue weighted by Gasteiger charge is 2.28. The molecule has 4 nitrogen and oxygen atoms in total. The first-order valence-corrected chi connectivity index (χ1v) is 9.64. The van der Waals surface area contributed by atoms with Gasteiger partial charge in [0, 0.05) is 17.8 Å². The van der Waals surface area contributed by atoms with Crippen molar-refractivity contribution >= 4 is 22.4 Å². The Kier molecular flexibility index (Phi) is 5.68. The molecule has 1 aromatic heterocycles. The molecule has 2 N–H and O–H groups in total. The number of hydrogen-bond donors (Lipinski definition) is 1. The number of carbonyl (C=O) groups excluding carboxylic acids is 1. The number of ketones is 1. The highest BCUT2D eigenvalue weighted by Crippen LogP contribution is 2.32. The number of aromatic nitrogens is 1. The van der Waals surface area contributed by atoms with E-state index in [1.807, 2.05) is 51.1 Å². The summed E-state index contributed by atoms with van der Waals surface area (Å²) in [4.78, 5) is 17.3. The van der Waals surface area contributed by atoms with Gasteiger partial charge in [0.1, 0.15) is 18.1 Å². The largest absolute Gasteiger partial charge is 0.492 e. The number of benzene rings is 2. The summed E-state index contributed by atoms with van der Waals surface area (Å²) in [6, 6.07) is 15.8. The van der Waals surface area contributed by atoms with E-state index in [0.29, 0.717) is 24.5 Å². The number of pyridine rings is 1. The maximum Gasteiger partial charge on any atom is 0.142 e. The van der Waals surface area contributed by atoms with Crippen molar-refractivity contribution in [3.05, 3.63) is 65.4 Å². The highest BCUT2D eigenvalue weighted by molar-refractivity contribution is 5.95. The second-order valence-electron chi connectivity index (χ2n) is 8.09. The van der Waals surface area contributed by atoms with Gasteiger partial charge in [0.2, 0.25) is 0 Å². The van der Waals surface area contributed by atoms with Gasteiger partial charge < -0.3 is 10.5 Å². The van der Waals surface area contributed by atoms with Crippen molar-refractivity contribution in [3.63, 3.8) is 0 Å². The smallest absolute Gasteiger partial charge is 0.142 e. The van der Waals surface area contributed by atoms with E-state index < -0.39 is 5.41 Å². The van der Waals surface area contributed by atoms with Gasteiger partial charge in [-0.2, -0.15) is 0 Å². The molecule has 0 unspecified atom stereocenters. The van der Waals surface area contributed by atoms with Crippen LogP contribution in [0.25, 0.3) is 10.9 Å². The first-order chi connectivity index (χ1) is 13.3. The van der Waals surface area contributed by atoms with E-state index >= 15 is 0 Å². The van der Waals surface area contributed by atoms with Crippen LogP contribution in [0, 0.1) is 19.3 Å². The fourth-order valence-corrected chi connectivity index (χ4v) is 3.35. The molecule has 1 heterocycles. The third kappa shape index (κ3) is 4.50. The van der Waals surface area contributed by atoms with Gasteiger partial charge in [0.05, 0.1) is 16.3 Å². The molecular formula is C24H28N2O2. The van der Waals surface area contributed by atoms with Crippen LogP contribution < -0.4 is 10.5 Å². The molecule has 4 heteroatoms. The Morgan fingerprint density at radius 1 is 1.11 bits per heavy atom. The summed E-state index contributed by atoms with van der Waals surface area (Å²) in [5.41, 5.74) is 10.3. The normalized spacial score (nSPS) is 11.6. The Balaban J connectivity index is 1.69. The summed E-state index contributed by atoms with van der Waals surface area (Å²) in [7, 11) is 0. The number of nitrogens with two attached hydrogens (primary N) is 1. The third-order valence-electron chi connectivity index (χ3n) is 5.02. The molecule has 0 aliphatic rings. The Hall–Kier alpha value is -2.88. The number of carbonyl (C=O) groups is 1. The van der Waals surface area contributed by atoms with Crippen LogP contribution in [-0.4, -0.2) is 17.4 Å². The predicted octanol–water partition coefficient (Wildman–Crippen LogP) is 5.04. The molecule has 0 bridgehead atoms. The quantitative estimate of drug-likeness (QED) is 0.627. The van der Waals surface area contributed by atoms with Crippen LogP contribution in [0.5, 0.6) is 5.75 Å². The van der Waals surface area contributed by atoms with Gasteiger partial charge in [-0.3, -0.25) is 9.78 Å². The molecule has 0 spiro atoms. The number of nitrogen functional groups attached to an aromatic ring is 1. The second kappa shape index (κ2) is 8.01. The Morgan fingerprint density at radius 2 is 1.86 bits per heavy atom. The van der Waals surface area contributed by atoms with Gasteiger partial charge in [-0.05, 0) is 57.9 Å². The Labute approximate surface area is 166 Å². The molecule has 0 fully saturated rings. The lowest BCUT2D eigenvalue weighted by atomic mass is 9.86. The molecule has 0 saturated carbocycles. The topological polar surface area (TPSA) is 65.2 Å². The average Bonchev–Trinajstić information content (AvgIpc) is 2.64. The van der Waals surface area contributed by atoms with E-state index in [2.05, 4.69) is 30.1 Å². The zero-order chi connectivity index (χ0) is 20.3. The van der Waals surface area contributed by atoms with E-state index in [1.54, 1.807) is 0 Å². The first kappa shape index (κ1) is 19.9. The molecule has 28 heavy (non-hydrogen) atoms. The number of fused-ring (bicyclic) bond motifs is 1. The van der Waals surface area contributed by atoms with Crippen LogP contribution in [0.4, 0.5) is 5.69 Å². The average molecular weight is 377 g/mol. The maximum absolute atomic E-state index is 12.8. The molecule has 146 valence electrons. The van der Waals surface area contributed by atoms with Crippen molar-refractivity contribution in [2.75, 3.05) is 12.3 Å². The van der Waals surface area contributed by atoms with Crippen molar-refractivity contribution in [1.29, 1.82) is 0 Å². The van der Waals surface area contributed by atoms with Crippen LogP contribution in [0.1, 0.15) is 37.1 Å². The molecule has 0 atom stereocenters. The van der Waals surface area contributed by atoms with Crippen molar-refractivity contribution in [1.82, 2.24) is 4.98 Å². The van der Waals surface area contributed by atoms with Crippen molar-refractivity contribution in [3.8, 4) is 5.75 Å². The maximum atomic E-state index is 12.8. The van der Waals surface area contributed by atoms with E-state index in [1.165, 1.54) is 11.1 Å². The minimum Gasteiger partial charge on any atom is -0.492 e. The summed E-state index contributed by atoms with van der Waals surface area (Å²) in [6.07, 6.45) is 1.24. The monoisotopic (exact) mass is 376 g/mol. The van der Waals surface area contributed by atoms with Crippen LogP contribution >= 0.6 is 0 Å². The van der Waals surface area contributed by atoms with E-state index in [4.69, 9.17) is 10.5 Å². The molecular weight excluding hydrogens is 348 g/mol. The van der Waals surface area contributed by atoms with Gasteiger partial charge in [-0.25, -0.2) is 0 Å². The predicted molar refractivity (Wildman–Crippen MR) is 115 cm³/mol. The third-order valence-corrected chi connectivity index (χ3v) is 5.02. The Morgan fingerprint density at radius 3 is 2.61 bits per heavy atom. The van der Waals surface area contributed by atoms with Crippen molar-refractivity contribution in [2.45, 2.75) is 40.5 Å². The molecule has 0 radical (unpaired) electrons. The lowest BCUT2D eigenvalue weighted by Crippen LogP contribution is -2.31. The van der Waals surface area contributed by atoms with Crippen LogP contribution in [0.3, 0.4) is 0 Å². The second-order valence-corrected chi connectivity index (χ2v) is 8.09. The summed E-state index contributed by atoms with van der Waals surface area (Å²) in [5, 5.41) is 0.802. The van der Waals surface area contributed by atoms with Gasteiger partial charge >= 0.3 is 0 Å². The number of rotatable bonds is 7. The Bertz CT molecular complexity index is 1010. The summed E-state index contributed by atoms with van der Waals surface area (Å²) >= 11 is 0. The fraction of sp³-hybridized carbons (Fsp3) is 0.333. The van der Waals surface area contributed by atoms with Gasteiger partial charge in [-0.1, -0.05) is 35.9 Å². The van der Waals surface area contributed by atoms with E-state index in [9.17, 15) is 4.79 Å². The van der Waals surface area contributed by atoms with Gasteiger partial charge in [0.15, 0.2) is 0 Å². The minimum atomic E-state index is -0.584. The molecule has 0 saturated heterocycles. The molecule has 0 amide bonds. The number of Topliss-reactive ketones (excluding diaryl/α,β-unsaturated/α-hetero) is 1. The standard InChI is InChI=1S/C24H28N2O2/c1-16-7-5-8-18(13-16)11-12-22(27)24(3,4)15-28-21-10-6-9-20-23(21)19(25)14-17(2)26-20/h5-10,13-14H,11-12,15H2,1-4H3,(H2,25,26). The zero-order valence-corrected chi connectivity index (χ0v) is 17.1. The number of hydrogen-bond acceptors (Lipinski definition) is 4. The molecule has 3 aromatic rings. The molecule has 2 aromatic carbocycles. The molecule has 0 aliphatic heterocycles. The van der Waals surface area contributed by atoms with Crippen molar-refractivity contribution < 1.29 is 9.53 Å². The number of aryl methyl sites for hydroxylation is 3. The summed E-state index contributed by atoms with van der Waals surface area (Å²) < 4.78 is 6.06. The van der Waals surface area contributed by atoms with Crippen LogP contribution in [-0.2, 0) is 11.2 Å². The van der Waals surface area contributed by atoms with Crippen LogP contribution in [0.2, 0.25) is 0 Å². The minimum absolute atomic E-state index is 0.191. The van der Waals surface area contributed by atoms with Gasteiger partial charge in [0.25, 0.3) is 0 Å². The SMILES string of the molecule is Cc1cccc(CCC(=O)C(C)(C)COc2cccc3nc(C)cc(N)c23)c1. The zero-order valence-electron chi connectivity index (χ0n) is 17.1. The molecule has 3 rings (SSSR count). The molecule has 0 aliphatic carbocycles. The van der Waals surface area contributed by atoms with Crippen LogP contribution in [0.15, 0.2) is 48.5 Å². The highest BCUT2D eigenvalue weighted by atomic mass is 16.5. The van der Waals surface area contributed by atoms with Gasteiger partial charge in [-0.15, -0.1) is 0 Å². The summed E-state index contributed by atoms with van der Waals surface area (Å²) in [5.74, 6) is 0.859. The number of nitrogens with zero attached hydrogens (tertiary/aromatic N) is 1. The lowest BCUT2D eigenvalue weighted by Gasteiger charge is -2.24. The van der Waals surface area contributed by atoms with E-state index in [-0.39, 0.29) is 5.78 Å². The number of anilines is 1. The van der Waals surface area contributed by atoms with Crippen molar-refractivity contribution in [2.24, 2.45) is 5.41 Å². The summed E-state index contributed by atoms with van der Waals surface area (Å²) in [6.45, 7) is 8.14. The fourth-order valence-electron chi connectivity index (χ4n) is 3.35. The number of ether oxygens (including phenoxy) is 1. The first-order valence-electron chi connectivity index (χ1n) is 9.64. The lowest BCUT2D eigenvalue weighted by molar-refractivity contribution is -0.128.